The van der Waals surface area contributed by atoms with Crippen LogP contribution in [0, 0.1) is 6.92 Å². The van der Waals surface area contributed by atoms with Gasteiger partial charge in [0.05, 0.1) is 10.5 Å². The number of hydrogen-bond donors (Lipinski definition) is 0. The number of alkyl halides is 4. The van der Waals surface area contributed by atoms with Gasteiger partial charge in [0, 0.05) is 42.7 Å². The maximum Gasteiger partial charge on any atom is 0.417 e. The Bertz CT molecular complexity index is 1490. The standard InChI is InChI=1S/C29H27ClF4N2O2S/c1-19-22(7-6-9-24(19)30)20-11-13-21(14-12-20)28-25(17-31)36-16-5-4-15-35(18-26(28)36)39(37,38)27-10-3-2-8-23(27)29(32,33)34/h2-14,25-26,28H,15-18H2,1H3/b5-4-/t25-,26?,28-/m1/s1. The Hall–Kier alpha value is -2.72. The largest absolute Gasteiger partial charge is 0.417 e. The SMILES string of the molecule is Cc1c(Cl)cccc1-c1ccc([C@H]2C3CN(S(=O)(=O)c4ccccc4C(F)(F)F)C/C=C\CN3[C@@H]2CF)cc1. The van der Waals surface area contributed by atoms with Crippen LogP contribution in [0.4, 0.5) is 17.6 Å². The van der Waals surface area contributed by atoms with Gasteiger partial charge in [0.2, 0.25) is 10.0 Å². The van der Waals surface area contributed by atoms with Crippen LogP contribution in [0.1, 0.15) is 22.6 Å². The molecule has 39 heavy (non-hydrogen) atoms. The summed E-state index contributed by atoms with van der Waals surface area (Å²) < 4.78 is 83.4. The number of rotatable bonds is 5. The minimum atomic E-state index is -4.82. The first-order valence-corrected chi connectivity index (χ1v) is 14.3. The monoisotopic (exact) mass is 578 g/mol. The van der Waals surface area contributed by atoms with E-state index >= 15 is 0 Å². The van der Waals surface area contributed by atoms with Crippen molar-refractivity contribution in [2.45, 2.75) is 36.0 Å². The summed E-state index contributed by atoms with van der Waals surface area (Å²) in [7, 11) is -4.49. The van der Waals surface area contributed by atoms with Gasteiger partial charge < -0.3 is 0 Å². The van der Waals surface area contributed by atoms with E-state index in [9.17, 15) is 26.0 Å². The van der Waals surface area contributed by atoms with Crippen molar-refractivity contribution in [3.8, 4) is 11.1 Å². The highest BCUT2D eigenvalue weighted by Gasteiger charge is 2.50. The second-order valence-corrected chi connectivity index (χ2v) is 12.1. The van der Waals surface area contributed by atoms with Crippen LogP contribution < -0.4 is 0 Å². The molecule has 0 aromatic heterocycles. The molecule has 206 valence electrons. The van der Waals surface area contributed by atoms with Crippen LogP contribution in [0.5, 0.6) is 0 Å². The van der Waals surface area contributed by atoms with Gasteiger partial charge in [0.25, 0.3) is 0 Å². The minimum absolute atomic E-state index is 0.0603. The van der Waals surface area contributed by atoms with Crippen LogP contribution >= 0.6 is 11.6 Å². The molecule has 0 amide bonds. The fourth-order valence-electron chi connectivity index (χ4n) is 5.67. The third-order valence-electron chi connectivity index (χ3n) is 7.71. The van der Waals surface area contributed by atoms with Crippen molar-refractivity contribution in [3.63, 3.8) is 0 Å². The first kappa shape index (κ1) is 27.8. The first-order valence-electron chi connectivity index (χ1n) is 12.5. The molecular weight excluding hydrogens is 552 g/mol. The predicted octanol–water partition coefficient (Wildman–Crippen LogP) is 6.70. The molecule has 2 heterocycles. The second-order valence-electron chi connectivity index (χ2n) is 9.83. The lowest BCUT2D eigenvalue weighted by atomic mass is 9.74. The average molecular weight is 579 g/mol. The third-order valence-corrected chi connectivity index (χ3v) is 10.0. The van der Waals surface area contributed by atoms with Gasteiger partial charge >= 0.3 is 6.18 Å². The van der Waals surface area contributed by atoms with E-state index in [4.69, 9.17) is 11.6 Å². The maximum absolute atomic E-state index is 14.3. The van der Waals surface area contributed by atoms with E-state index < -0.39 is 45.4 Å². The highest BCUT2D eigenvalue weighted by molar-refractivity contribution is 7.89. The number of sulfonamides is 1. The molecule has 0 aliphatic carbocycles. The van der Waals surface area contributed by atoms with Gasteiger partial charge in [-0.2, -0.15) is 17.5 Å². The normalized spacial score (nSPS) is 23.4. The second kappa shape index (κ2) is 10.7. The fourth-order valence-corrected chi connectivity index (χ4v) is 7.47. The van der Waals surface area contributed by atoms with Gasteiger partial charge in [0.15, 0.2) is 0 Å². The number of benzene rings is 3. The minimum Gasteiger partial charge on any atom is -0.289 e. The predicted molar refractivity (Wildman–Crippen MR) is 144 cm³/mol. The number of nitrogens with zero attached hydrogens (tertiary/aromatic N) is 2. The molecule has 4 nitrogen and oxygen atoms in total. The Labute approximate surface area is 230 Å². The van der Waals surface area contributed by atoms with Gasteiger partial charge in [-0.05, 0) is 47.4 Å². The van der Waals surface area contributed by atoms with Crippen molar-refractivity contribution >= 4 is 21.6 Å². The van der Waals surface area contributed by atoms with Crippen LogP contribution in [0.25, 0.3) is 11.1 Å². The van der Waals surface area contributed by atoms with E-state index in [0.29, 0.717) is 11.6 Å². The summed E-state index contributed by atoms with van der Waals surface area (Å²) in [6.07, 6.45) is -1.47. The topological polar surface area (TPSA) is 40.6 Å². The van der Waals surface area contributed by atoms with Crippen molar-refractivity contribution in [3.05, 3.63) is 101 Å². The maximum atomic E-state index is 14.3. The van der Waals surface area contributed by atoms with Crippen molar-refractivity contribution in [2.24, 2.45) is 0 Å². The molecule has 1 fully saturated rings. The van der Waals surface area contributed by atoms with Crippen molar-refractivity contribution < 1.29 is 26.0 Å². The molecule has 1 saturated heterocycles. The molecule has 3 atom stereocenters. The zero-order valence-corrected chi connectivity index (χ0v) is 22.6. The molecule has 0 N–H and O–H groups in total. The van der Waals surface area contributed by atoms with Gasteiger partial charge in [-0.25, -0.2) is 12.8 Å². The van der Waals surface area contributed by atoms with Crippen LogP contribution in [0.15, 0.2) is 83.8 Å². The molecule has 1 unspecified atom stereocenters. The molecule has 3 aromatic rings. The molecule has 5 rings (SSSR count). The Kier molecular flexibility index (Phi) is 7.63. The molecule has 0 radical (unpaired) electrons. The number of halogens is 5. The lowest BCUT2D eigenvalue weighted by molar-refractivity contribution is -0.139. The van der Waals surface area contributed by atoms with Crippen molar-refractivity contribution in [1.29, 1.82) is 0 Å². The molecular formula is C29H27ClF4N2O2S. The fraction of sp³-hybridized carbons (Fsp3) is 0.310. The van der Waals surface area contributed by atoms with E-state index in [1.54, 1.807) is 12.2 Å². The van der Waals surface area contributed by atoms with Gasteiger partial charge in [-0.15, -0.1) is 0 Å². The lowest BCUT2D eigenvalue weighted by Crippen LogP contribution is -2.67. The smallest absolute Gasteiger partial charge is 0.289 e. The summed E-state index contributed by atoms with van der Waals surface area (Å²) in [5.41, 5.74) is 2.50. The van der Waals surface area contributed by atoms with E-state index in [2.05, 4.69) is 0 Å². The summed E-state index contributed by atoms with van der Waals surface area (Å²) in [5, 5.41) is 0.652. The molecule has 3 aromatic carbocycles. The summed E-state index contributed by atoms with van der Waals surface area (Å²) in [4.78, 5) is 1.10. The molecule has 10 heteroatoms. The number of hydrogen-bond acceptors (Lipinski definition) is 3. The summed E-state index contributed by atoms with van der Waals surface area (Å²) in [6.45, 7) is 1.60. The van der Waals surface area contributed by atoms with Gasteiger partial charge in [-0.3, -0.25) is 4.90 Å². The zero-order chi connectivity index (χ0) is 27.9. The molecule has 2 aliphatic heterocycles. The average Bonchev–Trinajstić information content (AvgIpc) is 2.89. The highest BCUT2D eigenvalue weighted by atomic mass is 35.5. The summed E-state index contributed by atoms with van der Waals surface area (Å²) >= 11 is 6.28. The van der Waals surface area contributed by atoms with E-state index in [-0.39, 0.29) is 19.0 Å². The Morgan fingerprint density at radius 1 is 0.949 bits per heavy atom. The van der Waals surface area contributed by atoms with Crippen molar-refractivity contribution in [1.82, 2.24) is 9.21 Å². The molecule has 0 saturated carbocycles. The number of fused-ring (bicyclic) bond motifs is 1. The van der Waals surface area contributed by atoms with Gasteiger partial charge in [0.1, 0.15) is 6.67 Å². The lowest BCUT2D eigenvalue weighted by Gasteiger charge is -2.56. The Balaban J connectivity index is 1.47. The Morgan fingerprint density at radius 3 is 2.33 bits per heavy atom. The van der Waals surface area contributed by atoms with Gasteiger partial charge in [-0.1, -0.05) is 72.3 Å². The summed E-state index contributed by atoms with van der Waals surface area (Å²) in [6, 6.07) is 16.7. The Morgan fingerprint density at radius 2 is 1.64 bits per heavy atom. The van der Waals surface area contributed by atoms with Crippen LogP contribution in [0.3, 0.4) is 0 Å². The van der Waals surface area contributed by atoms with Crippen LogP contribution in [0.2, 0.25) is 5.02 Å². The molecule has 0 spiro atoms. The quantitative estimate of drug-likeness (QED) is 0.250. The van der Waals surface area contributed by atoms with Crippen molar-refractivity contribution in [2.75, 3.05) is 26.3 Å². The molecule has 2 aliphatic rings. The van der Waals surface area contributed by atoms with Crippen LogP contribution in [-0.4, -0.2) is 56.0 Å². The molecule has 0 bridgehead atoms. The third kappa shape index (κ3) is 5.13. The van der Waals surface area contributed by atoms with E-state index in [0.717, 1.165) is 38.7 Å². The van der Waals surface area contributed by atoms with Crippen LogP contribution in [-0.2, 0) is 16.2 Å². The highest BCUT2D eigenvalue weighted by Crippen LogP contribution is 2.43. The van der Waals surface area contributed by atoms with E-state index in [1.807, 2.05) is 54.3 Å². The van der Waals surface area contributed by atoms with E-state index in [1.165, 1.54) is 12.1 Å². The summed E-state index contributed by atoms with van der Waals surface area (Å²) in [5.74, 6) is -0.327. The zero-order valence-electron chi connectivity index (χ0n) is 21.1. The first-order chi connectivity index (χ1) is 18.5.